The molecule has 27 heavy (non-hydrogen) atoms. The van der Waals surface area contributed by atoms with Crippen molar-refractivity contribution < 1.29 is 19.4 Å². The Kier molecular flexibility index (Phi) is 4.70. The maximum absolute atomic E-state index is 13.0. The molecule has 2 atom stereocenters. The van der Waals surface area contributed by atoms with E-state index >= 15 is 0 Å². The largest absolute Gasteiger partial charge is 0.481 e. The predicted molar refractivity (Wildman–Crippen MR) is 98.7 cm³/mol. The fourth-order valence-electron chi connectivity index (χ4n) is 4.10. The number of carbonyl (C=O) groups excluding carboxylic acids is 1. The van der Waals surface area contributed by atoms with E-state index in [9.17, 15) is 9.90 Å². The Morgan fingerprint density at radius 1 is 1.11 bits per heavy atom. The molecule has 2 aliphatic rings. The summed E-state index contributed by atoms with van der Waals surface area (Å²) in [7, 11) is 3.03. The van der Waals surface area contributed by atoms with E-state index in [2.05, 4.69) is 9.97 Å². The highest BCUT2D eigenvalue weighted by atomic mass is 16.5. The average Bonchev–Trinajstić information content (AvgIpc) is 2.93. The van der Waals surface area contributed by atoms with Crippen LogP contribution in [0.1, 0.15) is 23.2 Å². The van der Waals surface area contributed by atoms with Crippen LogP contribution in [-0.2, 0) is 0 Å². The molecule has 4 rings (SSSR count). The third-order valence-electron chi connectivity index (χ3n) is 5.55. The Hall–Kier alpha value is -2.67. The van der Waals surface area contributed by atoms with Crippen LogP contribution in [0.4, 0.5) is 0 Å². The van der Waals surface area contributed by atoms with Crippen LogP contribution in [0.5, 0.6) is 11.9 Å². The molecule has 1 N–H and O–H groups in total. The first kappa shape index (κ1) is 17.7. The summed E-state index contributed by atoms with van der Waals surface area (Å²) in [6, 6.07) is 9.30. The number of fused-ring (bicyclic) bond motifs is 2. The van der Waals surface area contributed by atoms with Crippen LogP contribution in [0.25, 0.3) is 11.3 Å². The second-order valence-corrected chi connectivity index (χ2v) is 7.16. The van der Waals surface area contributed by atoms with Gasteiger partial charge in [0.1, 0.15) is 0 Å². The number of amides is 1. The first-order valence-electron chi connectivity index (χ1n) is 9.14. The molecule has 7 nitrogen and oxygen atoms in total. The fourth-order valence-corrected chi connectivity index (χ4v) is 4.10. The van der Waals surface area contributed by atoms with Crippen LogP contribution in [-0.4, -0.2) is 59.3 Å². The van der Waals surface area contributed by atoms with Gasteiger partial charge in [-0.15, -0.1) is 0 Å². The van der Waals surface area contributed by atoms with Crippen LogP contribution in [0.2, 0.25) is 0 Å². The van der Waals surface area contributed by atoms with Gasteiger partial charge in [0.15, 0.2) is 0 Å². The molecule has 2 bridgehead atoms. The zero-order valence-electron chi connectivity index (χ0n) is 15.5. The monoisotopic (exact) mass is 369 g/mol. The summed E-state index contributed by atoms with van der Waals surface area (Å²) in [6.45, 7) is 1.24. The quantitative estimate of drug-likeness (QED) is 0.887. The summed E-state index contributed by atoms with van der Waals surface area (Å²) < 4.78 is 10.3. The smallest absolute Gasteiger partial charge is 0.320 e. The standard InChI is InChI=1S/C20H23N3O4/c1-26-17-9-16(21-20(22-17)27-2)12-4-3-5-13(8-12)19(25)23-10-14-6-7-15(11-23)18(14)24/h3-5,8-9,14-15,18,24H,6-7,10-11H2,1-2H3. The number of carbonyl (C=O) groups is 1. The molecule has 1 aromatic carbocycles. The number of nitrogens with zero attached hydrogens (tertiary/aromatic N) is 3. The third kappa shape index (κ3) is 3.35. The van der Waals surface area contributed by atoms with Crippen molar-refractivity contribution in [3.05, 3.63) is 35.9 Å². The van der Waals surface area contributed by atoms with E-state index in [4.69, 9.17) is 9.47 Å². The van der Waals surface area contributed by atoms with Crippen LogP contribution in [0.3, 0.4) is 0 Å². The van der Waals surface area contributed by atoms with Gasteiger partial charge in [0.05, 0.1) is 26.0 Å². The van der Waals surface area contributed by atoms with E-state index in [0.717, 1.165) is 18.4 Å². The number of hydrogen-bond acceptors (Lipinski definition) is 6. The summed E-state index contributed by atoms with van der Waals surface area (Å²) in [5.74, 6) is 0.793. The van der Waals surface area contributed by atoms with Gasteiger partial charge in [0.2, 0.25) is 5.88 Å². The number of likely N-dealkylation sites (tertiary alicyclic amines) is 1. The lowest BCUT2D eigenvalue weighted by Gasteiger charge is -2.35. The molecule has 2 fully saturated rings. The van der Waals surface area contributed by atoms with Gasteiger partial charge in [0, 0.05) is 42.1 Å². The Bertz CT molecular complexity index is 821. The zero-order chi connectivity index (χ0) is 19.0. The number of piperidine rings is 1. The number of benzene rings is 1. The normalized spacial score (nSPS) is 24.0. The minimum absolute atomic E-state index is 0.00589. The van der Waals surface area contributed by atoms with E-state index in [-0.39, 0.29) is 29.9 Å². The Morgan fingerprint density at radius 2 is 1.85 bits per heavy atom. The van der Waals surface area contributed by atoms with E-state index in [1.54, 1.807) is 6.07 Å². The molecule has 2 aromatic rings. The summed E-state index contributed by atoms with van der Waals surface area (Å²) >= 11 is 0. The van der Waals surface area contributed by atoms with Crippen molar-refractivity contribution in [2.45, 2.75) is 18.9 Å². The Morgan fingerprint density at radius 3 is 2.52 bits per heavy atom. The summed E-state index contributed by atoms with van der Waals surface area (Å²) in [6.07, 6.45) is 1.73. The average molecular weight is 369 g/mol. The molecule has 1 aromatic heterocycles. The Balaban J connectivity index is 1.60. The van der Waals surface area contributed by atoms with Crippen molar-refractivity contribution in [1.29, 1.82) is 0 Å². The fraction of sp³-hybridized carbons (Fsp3) is 0.450. The first-order chi connectivity index (χ1) is 13.1. The summed E-state index contributed by atoms with van der Waals surface area (Å²) in [4.78, 5) is 23.3. The van der Waals surface area contributed by atoms with Gasteiger partial charge in [0.25, 0.3) is 5.91 Å². The number of aromatic nitrogens is 2. The van der Waals surface area contributed by atoms with Gasteiger partial charge in [-0.3, -0.25) is 4.79 Å². The van der Waals surface area contributed by atoms with Gasteiger partial charge < -0.3 is 19.5 Å². The number of ether oxygens (including phenoxy) is 2. The lowest BCUT2D eigenvalue weighted by molar-refractivity contribution is 0.0166. The number of methoxy groups -OCH3 is 2. The highest BCUT2D eigenvalue weighted by molar-refractivity contribution is 5.95. The zero-order valence-corrected chi connectivity index (χ0v) is 15.5. The second kappa shape index (κ2) is 7.15. The topological polar surface area (TPSA) is 84.8 Å². The van der Waals surface area contributed by atoms with Crippen LogP contribution in [0, 0.1) is 11.8 Å². The molecule has 7 heteroatoms. The molecule has 2 unspecified atom stereocenters. The number of aliphatic hydroxyl groups is 1. The molecule has 1 amide bonds. The highest BCUT2D eigenvalue weighted by Gasteiger charge is 2.42. The maximum Gasteiger partial charge on any atom is 0.320 e. The lowest BCUT2D eigenvalue weighted by atomic mass is 9.94. The van der Waals surface area contributed by atoms with E-state index in [0.29, 0.717) is 30.2 Å². The summed E-state index contributed by atoms with van der Waals surface area (Å²) in [5.41, 5.74) is 2.03. The first-order valence-corrected chi connectivity index (χ1v) is 9.14. The molecule has 1 aliphatic heterocycles. The number of rotatable bonds is 4. The Labute approximate surface area is 158 Å². The van der Waals surface area contributed by atoms with Crippen LogP contribution < -0.4 is 9.47 Å². The molecule has 1 saturated heterocycles. The maximum atomic E-state index is 13.0. The molecular weight excluding hydrogens is 346 g/mol. The van der Waals surface area contributed by atoms with Crippen molar-refractivity contribution in [2.24, 2.45) is 11.8 Å². The van der Waals surface area contributed by atoms with Crippen molar-refractivity contribution in [3.63, 3.8) is 0 Å². The summed E-state index contributed by atoms with van der Waals surface area (Å²) in [5, 5.41) is 10.2. The minimum atomic E-state index is -0.263. The van der Waals surface area contributed by atoms with Gasteiger partial charge in [-0.25, -0.2) is 0 Å². The van der Waals surface area contributed by atoms with E-state index in [1.807, 2.05) is 29.2 Å². The molecule has 142 valence electrons. The highest BCUT2D eigenvalue weighted by Crippen LogP contribution is 2.37. The van der Waals surface area contributed by atoms with E-state index in [1.165, 1.54) is 14.2 Å². The van der Waals surface area contributed by atoms with Crippen LogP contribution in [0.15, 0.2) is 30.3 Å². The number of hydrogen-bond donors (Lipinski definition) is 1. The van der Waals surface area contributed by atoms with Crippen molar-refractivity contribution in [3.8, 4) is 23.1 Å². The lowest BCUT2D eigenvalue weighted by Crippen LogP contribution is -2.47. The SMILES string of the molecule is COc1cc(-c2cccc(C(=O)N3CC4CCC(C3)C4O)c2)nc(OC)n1. The van der Waals surface area contributed by atoms with Crippen molar-refractivity contribution in [2.75, 3.05) is 27.3 Å². The van der Waals surface area contributed by atoms with Crippen molar-refractivity contribution >= 4 is 5.91 Å². The van der Waals surface area contributed by atoms with Gasteiger partial charge in [-0.05, 0) is 25.0 Å². The molecule has 0 radical (unpaired) electrons. The number of aliphatic hydroxyl groups excluding tert-OH is 1. The third-order valence-corrected chi connectivity index (χ3v) is 5.55. The second-order valence-electron chi connectivity index (χ2n) is 7.16. The molecule has 1 saturated carbocycles. The van der Waals surface area contributed by atoms with Gasteiger partial charge in [-0.2, -0.15) is 9.97 Å². The minimum Gasteiger partial charge on any atom is -0.481 e. The molecular formula is C20H23N3O4. The molecule has 1 aliphatic carbocycles. The van der Waals surface area contributed by atoms with Crippen LogP contribution >= 0.6 is 0 Å². The van der Waals surface area contributed by atoms with Gasteiger partial charge >= 0.3 is 6.01 Å². The molecule has 0 spiro atoms. The van der Waals surface area contributed by atoms with E-state index < -0.39 is 0 Å². The molecule has 2 heterocycles. The predicted octanol–water partition coefficient (Wildman–Crippen LogP) is 2.00. The van der Waals surface area contributed by atoms with Crippen molar-refractivity contribution in [1.82, 2.24) is 14.9 Å². The van der Waals surface area contributed by atoms with Gasteiger partial charge in [-0.1, -0.05) is 12.1 Å².